The van der Waals surface area contributed by atoms with Gasteiger partial charge in [0.1, 0.15) is 5.25 Å². The summed E-state index contributed by atoms with van der Waals surface area (Å²) < 4.78 is 0. The van der Waals surface area contributed by atoms with Gasteiger partial charge in [-0.05, 0) is 30.2 Å². The largest absolute Gasteiger partial charge is 0.326 e. The van der Waals surface area contributed by atoms with Crippen molar-refractivity contribution >= 4 is 46.0 Å². The fourth-order valence-electron chi connectivity index (χ4n) is 2.41. The first-order chi connectivity index (χ1) is 12.5. The molecule has 7 heteroatoms. The van der Waals surface area contributed by atoms with E-state index in [2.05, 4.69) is 15.6 Å². The third-order valence-corrected chi connectivity index (χ3v) is 5.38. The minimum atomic E-state index is -0.481. The molecule has 134 valence electrons. The molecule has 0 aromatic heterocycles. The SMILES string of the molecule is Cc1ccc(NC(=O)C[C@H]2SC(=NCc3ccccc3)NC2=O)cc1Cl. The quantitative estimate of drug-likeness (QED) is 0.820. The summed E-state index contributed by atoms with van der Waals surface area (Å²) >= 11 is 7.34. The van der Waals surface area contributed by atoms with Crippen molar-refractivity contribution < 1.29 is 9.59 Å². The number of aryl methyl sites for hydroxylation is 1. The Morgan fingerprint density at radius 2 is 2.04 bits per heavy atom. The summed E-state index contributed by atoms with van der Waals surface area (Å²) in [5, 5.41) is 6.17. The van der Waals surface area contributed by atoms with Crippen LogP contribution in [0.15, 0.2) is 53.5 Å². The van der Waals surface area contributed by atoms with Gasteiger partial charge in [-0.15, -0.1) is 0 Å². The van der Waals surface area contributed by atoms with E-state index in [0.717, 1.165) is 11.1 Å². The number of rotatable bonds is 5. The van der Waals surface area contributed by atoms with Crippen molar-refractivity contribution in [1.29, 1.82) is 0 Å². The molecule has 1 atom stereocenters. The van der Waals surface area contributed by atoms with Gasteiger partial charge in [0.15, 0.2) is 5.17 Å². The molecule has 2 aromatic carbocycles. The van der Waals surface area contributed by atoms with E-state index in [9.17, 15) is 9.59 Å². The number of anilines is 1. The molecule has 26 heavy (non-hydrogen) atoms. The molecule has 1 heterocycles. The van der Waals surface area contributed by atoms with Crippen LogP contribution in [0, 0.1) is 6.92 Å². The zero-order valence-electron chi connectivity index (χ0n) is 14.2. The van der Waals surface area contributed by atoms with Crippen LogP contribution in [-0.4, -0.2) is 22.2 Å². The van der Waals surface area contributed by atoms with Crippen molar-refractivity contribution in [3.05, 3.63) is 64.7 Å². The predicted octanol–water partition coefficient (Wildman–Crippen LogP) is 3.76. The van der Waals surface area contributed by atoms with Gasteiger partial charge >= 0.3 is 0 Å². The first-order valence-corrected chi connectivity index (χ1v) is 9.39. The highest BCUT2D eigenvalue weighted by molar-refractivity contribution is 8.15. The minimum absolute atomic E-state index is 0.0757. The number of nitrogens with zero attached hydrogens (tertiary/aromatic N) is 1. The number of halogens is 1. The molecule has 0 saturated carbocycles. The molecule has 1 fully saturated rings. The number of thioether (sulfide) groups is 1. The molecule has 0 aliphatic carbocycles. The highest BCUT2D eigenvalue weighted by atomic mass is 35.5. The van der Waals surface area contributed by atoms with Gasteiger partial charge in [0.2, 0.25) is 11.8 Å². The third-order valence-electron chi connectivity index (χ3n) is 3.85. The van der Waals surface area contributed by atoms with Crippen LogP contribution in [0.3, 0.4) is 0 Å². The van der Waals surface area contributed by atoms with E-state index in [4.69, 9.17) is 11.6 Å². The molecule has 2 amide bonds. The summed E-state index contributed by atoms with van der Waals surface area (Å²) in [6.07, 6.45) is 0.0757. The van der Waals surface area contributed by atoms with E-state index in [-0.39, 0.29) is 18.2 Å². The van der Waals surface area contributed by atoms with Crippen molar-refractivity contribution in [3.63, 3.8) is 0 Å². The lowest BCUT2D eigenvalue weighted by atomic mass is 10.2. The lowest BCUT2D eigenvalue weighted by Gasteiger charge is -2.08. The molecule has 2 N–H and O–H groups in total. The van der Waals surface area contributed by atoms with Crippen molar-refractivity contribution in [1.82, 2.24) is 5.32 Å². The highest BCUT2D eigenvalue weighted by Crippen LogP contribution is 2.24. The first kappa shape index (κ1) is 18.5. The predicted molar refractivity (Wildman–Crippen MR) is 107 cm³/mol. The number of hydrogen-bond acceptors (Lipinski definition) is 4. The number of amides is 2. The van der Waals surface area contributed by atoms with Gasteiger partial charge in [-0.3, -0.25) is 14.6 Å². The molecule has 3 rings (SSSR count). The summed E-state index contributed by atoms with van der Waals surface area (Å²) in [5.41, 5.74) is 2.62. The Kier molecular flexibility index (Phi) is 5.96. The van der Waals surface area contributed by atoms with Crippen LogP contribution < -0.4 is 10.6 Å². The number of amidine groups is 1. The maximum Gasteiger partial charge on any atom is 0.240 e. The molecule has 2 aromatic rings. The Hall–Kier alpha value is -2.31. The van der Waals surface area contributed by atoms with Crippen LogP contribution in [0.1, 0.15) is 17.5 Å². The summed E-state index contributed by atoms with van der Waals surface area (Å²) in [6, 6.07) is 15.1. The summed E-state index contributed by atoms with van der Waals surface area (Å²) in [5.74, 6) is -0.430. The van der Waals surface area contributed by atoms with Crippen LogP contribution in [-0.2, 0) is 16.1 Å². The lowest BCUT2D eigenvalue weighted by molar-refractivity contribution is -0.122. The molecule has 1 aliphatic heterocycles. The Bertz CT molecular complexity index is 855. The topological polar surface area (TPSA) is 70.6 Å². The maximum absolute atomic E-state index is 12.2. The number of aliphatic imine (C=N–C) groups is 1. The van der Waals surface area contributed by atoms with E-state index in [0.29, 0.717) is 22.4 Å². The van der Waals surface area contributed by atoms with E-state index in [1.165, 1.54) is 11.8 Å². The second-order valence-electron chi connectivity index (χ2n) is 5.92. The van der Waals surface area contributed by atoms with Crippen LogP contribution in [0.25, 0.3) is 0 Å². The van der Waals surface area contributed by atoms with E-state index >= 15 is 0 Å². The molecule has 0 bridgehead atoms. The monoisotopic (exact) mass is 387 g/mol. The Labute approximate surface area is 161 Å². The second kappa shape index (κ2) is 8.38. The number of benzene rings is 2. The third kappa shape index (κ3) is 4.86. The number of nitrogens with one attached hydrogen (secondary N) is 2. The standard InChI is InChI=1S/C19H18ClN3O2S/c1-12-7-8-14(9-15(12)20)22-17(24)10-16-18(25)23-19(26-16)21-11-13-5-3-2-4-6-13/h2-9,16H,10-11H2,1H3,(H,22,24)(H,21,23,25)/t16-/m1/s1. The van der Waals surface area contributed by atoms with Gasteiger partial charge in [0.25, 0.3) is 0 Å². The Morgan fingerprint density at radius 1 is 1.27 bits per heavy atom. The summed E-state index contributed by atoms with van der Waals surface area (Å²) in [4.78, 5) is 28.7. The van der Waals surface area contributed by atoms with E-state index < -0.39 is 5.25 Å². The average Bonchev–Trinajstić information content (AvgIpc) is 2.97. The normalized spacial score (nSPS) is 18.0. The summed E-state index contributed by atoms with van der Waals surface area (Å²) in [7, 11) is 0. The molecule has 0 spiro atoms. The van der Waals surface area contributed by atoms with Gasteiger partial charge in [0.05, 0.1) is 6.54 Å². The van der Waals surface area contributed by atoms with Crippen molar-refractivity contribution in [2.75, 3.05) is 5.32 Å². The number of carbonyl (C=O) groups is 2. The first-order valence-electron chi connectivity index (χ1n) is 8.13. The maximum atomic E-state index is 12.2. The van der Waals surface area contributed by atoms with Crippen LogP contribution >= 0.6 is 23.4 Å². The van der Waals surface area contributed by atoms with Crippen molar-refractivity contribution in [3.8, 4) is 0 Å². The van der Waals surface area contributed by atoms with Crippen molar-refractivity contribution in [2.24, 2.45) is 4.99 Å². The molecule has 1 aliphatic rings. The van der Waals surface area contributed by atoms with Gasteiger partial charge in [-0.2, -0.15) is 0 Å². The van der Waals surface area contributed by atoms with Crippen LogP contribution in [0.2, 0.25) is 5.02 Å². The fourth-order valence-corrected chi connectivity index (χ4v) is 3.56. The fraction of sp³-hybridized carbons (Fsp3) is 0.211. The van der Waals surface area contributed by atoms with Gasteiger partial charge in [-0.25, -0.2) is 0 Å². The molecule has 0 unspecified atom stereocenters. The Balaban J connectivity index is 1.55. The Morgan fingerprint density at radius 3 is 2.77 bits per heavy atom. The zero-order chi connectivity index (χ0) is 18.5. The number of hydrogen-bond donors (Lipinski definition) is 2. The van der Waals surface area contributed by atoms with Gasteiger partial charge in [-0.1, -0.05) is 59.8 Å². The smallest absolute Gasteiger partial charge is 0.240 e. The zero-order valence-corrected chi connectivity index (χ0v) is 15.7. The van der Waals surface area contributed by atoms with Crippen LogP contribution in [0.5, 0.6) is 0 Å². The van der Waals surface area contributed by atoms with E-state index in [1.54, 1.807) is 12.1 Å². The van der Waals surface area contributed by atoms with Crippen molar-refractivity contribution in [2.45, 2.75) is 25.1 Å². The molecule has 1 saturated heterocycles. The summed E-state index contributed by atoms with van der Waals surface area (Å²) in [6.45, 7) is 2.38. The van der Waals surface area contributed by atoms with Gasteiger partial charge in [0, 0.05) is 17.1 Å². The molecule has 0 radical (unpaired) electrons. The van der Waals surface area contributed by atoms with E-state index in [1.807, 2.05) is 43.3 Å². The molecular formula is C19H18ClN3O2S. The number of carbonyl (C=O) groups excluding carboxylic acids is 2. The molecule has 5 nitrogen and oxygen atoms in total. The minimum Gasteiger partial charge on any atom is -0.326 e. The van der Waals surface area contributed by atoms with Crippen LogP contribution in [0.4, 0.5) is 5.69 Å². The highest BCUT2D eigenvalue weighted by Gasteiger charge is 2.31. The second-order valence-corrected chi connectivity index (χ2v) is 7.52. The average molecular weight is 388 g/mol. The lowest BCUT2D eigenvalue weighted by Crippen LogP contribution is -2.28. The van der Waals surface area contributed by atoms with Gasteiger partial charge < -0.3 is 10.6 Å². The molecular weight excluding hydrogens is 370 g/mol.